The van der Waals surface area contributed by atoms with Gasteiger partial charge in [-0.05, 0) is 49.9 Å². The number of amides is 1. The summed E-state index contributed by atoms with van der Waals surface area (Å²) < 4.78 is 11.8. The fraction of sp³-hybridized carbons (Fsp3) is 0.636. The van der Waals surface area contributed by atoms with Crippen LogP contribution in [0.3, 0.4) is 0 Å². The van der Waals surface area contributed by atoms with Crippen LogP contribution in [-0.2, 0) is 25.4 Å². The zero-order chi connectivity index (χ0) is 20.9. The van der Waals surface area contributed by atoms with Crippen molar-refractivity contribution in [3.05, 3.63) is 35.9 Å². The Labute approximate surface area is 170 Å². The van der Waals surface area contributed by atoms with E-state index in [0.29, 0.717) is 0 Å². The number of carbonyl (C=O) groups is 2. The predicted octanol–water partition coefficient (Wildman–Crippen LogP) is 4.43. The number of hydrogen-bond donors (Lipinski definition) is 1. The van der Waals surface area contributed by atoms with Crippen LogP contribution in [0.15, 0.2) is 30.3 Å². The van der Waals surface area contributed by atoms with Crippen LogP contribution in [0.25, 0.3) is 0 Å². The Hall–Kier alpha value is -1.66. The Bertz CT molecular complexity index is 669. The Morgan fingerprint density at radius 1 is 1.18 bits per heavy atom. The van der Waals surface area contributed by atoms with Crippen LogP contribution in [0.1, 0.15) is 52.5 Å². The first-order chi connectivity index (χ1) is 13.0. The third-order valence-electron chi connectivity index (χ3n) is 5.96. The highest BCUT2D eigenvalue weighted by Crippen LogP contribution is 2.40. The van der Waals surface area contributed by atoms with Gasteiger partial charge in [-0.25, -0.2) is 4.79 Å². The normalized spacial score (nSPS) is 21.2. The van der Waals surface area contributed by atoms with Gasteiger partial charge in [0.25, 0.3) is 0 Å². The number of benzene rings is 1. The molecular weight excluding hydrogens is 370 g/mol. The average molecular weight is 406 g/mol. The van der Waals surface area contributed by atoms with Crippen molar-refractivity contribution in [2.24, 2.45) is 5.92 Å². The SMILES string of the molecule is C[C@@H](NC(=O)C1CCC(O[Si](C)(C)C(C)(C)C)C1)C(=O)OCc1ccccc1. The summed E-state index contributed by atoms with van der Waals surface area (Å²) in [6, 6.07) is 8.86. The summed E-state index contributed by atoms with van der Waals surface area (Å²) in [4.78, 5) is 24.8. The molecule has 28 heavy (non-hydrogen) atoms. The number of hydrogen-bond acceptors (Lipinski definition) is 4. The van der Waals surface area contributed by atoms with E-state index in [-0.39, 0.29) is 29.6 Å². The van der Waals surface area contributed by atoms with Crippen LogP contribution in [0.2, 0.25) is 18.1 Å². The van der Waals surface area contributed by atoms with Gasteiger partial charge in [0.1, 0.15) is 12.6 Å². The molecule has 6 heteroatoms. The van der Waals surface area contributed by atoms with Crippen LogP contribution < -0.4 is 5.32 Å². The van der Waals surface area contributed by atoms with Crippen molar-refractivity contribution < 1.29 is 18.8 Å². The van der Waals surface area contributed by atoms with Gasteiger partial charge in [-0.1, -0.05) is 51.1 Å². The van der Waals surface area contributed by atoms with E-state index in [1.165, 1.54) is 0 Å². The van der Waals surface area contributed by atoms with Crippen molar-refractivity contribution in [2.75, 3.05) is 0 Å². The van der Waals surface area contributed by atoms with Gasteiger partial charge < -0.3 is 14.5 Å². The first-order valence-electron chi connectivity index (χ1n) is 10.2. The molecule has 1 saturated carbocycles. The van der Waals surface area contributed by atoms with Crippen LogP contribution in [0.5, 0.6) is 0 Å². The molecule has 1 amide bonds. The highest BCUT2D eigenvalue weighted by atomic mass is 28.4. The molecule has 0 heterocycles. The lowest BCUT2D eigenvalue weighted by atomic mass is 10.1. The van der Waals surface area contributed by atoms with Gasteiger partial charge in [-0.15, -0.1) is 0 Å². The van der Waals surface area contributed by atoms with Crippen molar-refractivity contribution in [3.63, 3.8) is 0 Å². The zero-order valence-electron chi connectivity index (χ0n) is 18.1. The highest BCUT2D eigenvalue weighted by molar-refractivity contribution is 6.74. The van der Waals surface area contributed by atoms with E-state index in [4.69, 9.17) is 9.16 Å². The molecule has 1 aliphatic rings. The van der Waals surface area contributed by atoms with Gasteiger partial charge in [-0.2, -0.15) is 0 Å². The van der Waals surface area contributed by atoms with E-state index in [9.17, 15) is 9.59 Å². The van der Waals surface area contributed by atoms with Crippen molar-refractivity contribution in [1.82, 2.24) is 5.32 Å². The van der Waals surface area contributed by atoms with E-state index >= 15 is 0 Å². The lowest BCUT2D eigenvalue weighted by Crippen LogP contribution is -2.44. The van der Waals surface area contributed by atoms with Crippen molar-refractivity contribution >= 4 is 20.2 Å². The predicted molar refractivity (Wildman–Crippen MR) is 113 cm³/mol. The van der Waals surface area contributed by atoms with Gasteiger partial charge in [0.05, 0.1) is 0 Å². The standard InChI is InChI=1S/C22H35NO4Si/c1-16(21(25)26-15-17-10-8-7-9-11-17)23-20(24)18-12-13-19(14-18)27-28(5,6)22(2,3)4/h7-11,16,18-19H,12-15H2,1-6H3,(H,23,24)/t16-,18?,19?/m1/s1. The third-order valence-corrected chi connectivity index (χ3v) is 10.5. The molecule has 0 spiro atoms. The summed E-state index contributed by atoms with van der Waals surface area (Å²) in [6.45, 7) is 13.0. The van der Waals surface area contributed by atoms with Gasteiger partial charge >= 0.3 is 5.97 Å². The van der Waals surface area contributed by atoms with Crippen molar-refractivity contribution in [2.45, 2.75) is 83.8 Å². The van der Waals surface area contributed by atoms with Crippen LogP contribution in [-0.4, -0.2) is 32.3 Å². The van der Waals surface area contributed by atoms with Crippen LogP contribution in [0, 0.1) is 5.92 Å². The molecule has 0 radical (unpaired) electrons. The Morgan fingerprint density at radius 3 is 2.43 bits per heavy atom. The maximum absolute atomic E-state index is 12.6. The molecule has 2 unspecified atom stereocenters. The minimum atomic E-state index is -1.83. The van der Waals surface area contributed by atoms with Crippen LogP contribution in [0.4, 0.5) is 0 Å². The van der Waals surface area contributed by atoms with Crippen molar-refractivity contribution in [1.29, 1.82) is 0 Å². The first kappa shape index (κ1) is 22.6. The molecule has 1 fully saturated rings. The number of esters is 1. The number of rotatable bonds is 7. The Balaban J connectivity index is 1.79. The van der Waals surface area contributed by atoms with Gasteiger partial charge in [0, 0.05) is 12.0 Å². The van der Waals surface area contributed by atoms with E-state index in [0.717, 1.165) is 24.8 Å². The molecule has 0 aromatic heterocycles. The second-order valence-corrected chi connectivity index (χ2v) is 14.1. The smallest absolute Gasteiger partial charge is 0.328 e. The topological polar surface area (TPSA) is 64.6 Å². The van der Waals surface area contributed by atoms with Gasteiger partial charge in [0.2, 0.25) is 5.91 Å². The molecule has 2 rings (SSSR count). The lowest BCUT2D eigenvalue weighted by molar-refractivity contribution is -0.149. The van der Waals surface area contributed by atoms with E-state index < -0.39 is 20.3 Å². The lowest BCUT2D eigenvalue weighted by Gasteiger charge is -2.38. The molecule has 0 saturated heterocycles. The monoisotopic (exact) mass is 405 g/mol. The third kappa shape index (κ3) is 6.17. The van der Waals surface area contributed by atoms with Gasteiger partial charge in [-0.3, -0.25) is 4.79 Å². The first-order valence-corrected chi connectivity index (χ1v) is 13.1. The fourth-order valence-corrected chi connectivity index (χ4v) is 4.52. The van der Waals surface area contributed by atoms with E-state index in [1.807, 2.05) is 30.3 Å². The number of ether oxygens (including phenoxy) is 1. The average Bonchev–Trinajstić information content (AvgIpc) is 3.07. The molecular formula is C22H35NO4Si. The number of carbonyl (C=O) groups excluding carboxylic acids is 2. The molecule has 1 aliphatic carbocycles. The van der Waals surface area contributed by atoms with E-state index in [2.05, 4.69) is 39.2 Å². The fourth-order valence-electron chi connectivity index (χ4n) is 3.12. The largest absolute Gasteiger partial charge is 0.459 e. The zero-order valence-corrected chi connectivity index (χ0v) is 19.1. The molecule has 1 aromatic carbocycles. The molecule has 0 bridgehead atoms. The minimum Gasteiger partial charge on any atom is -0.459 e. The summed E-state index contributed by atoms with van der Waals surface area (Å²) in [5.41, 5.74) is 0.927. The Kier molecular flexibility index (Phi) is 7.45. The summed E-state index contributed by atoms with van der Waals surface area (Å²) >= 11 is 0. The molecule has 1 N–H and O–H groups in total. The minimum absolute atomic E-state index is 0.0782. The second kappa shape index (κ2) is 9.22. The molecule has 5 nitrogen and oxygen atoms in total. The maximum atomic E-state index is 12.6. The van der Waals surface area contributed by atoms with Crippen molar-refractivity contribution in [3.8, 4) is 0 Å². The van der Waals surface area contributed by atoms with E-state index in [1.54, 1.807) is 6.92 Å². The molecule has 0 aliphatic heterocycles. The maximum Gasteiger partial charge on any atom is 0.328 e. The molecule has 3 atom stereocenters. The summed E-state index contributed by atoms with van der Waals surface area (Å²) in [7, 11) is -1.83. The second-order valence-electron chi connectivity index (χ2n) is 9.33. The quantitative estimate of drug-likeness (QED) is 0.538. The highest BCUT2D eigenvalue weighted by Gasteiger charge is 2.41. The summed E-state index contributed by atoms with van der Waals surface area (Å²) in [5.74, 6) is -0.589. The van der Waals surface area contributed by atoms with Crippen LogP contribution >= 0.6 is 0 Å². The molecule has 1 aromatic rings. The molecule has 156 valence electrons. The van der Waals surface area contributed by atoms with Gasteiger partial charge in [0.15, 0.2) is 8.32 Å². The Morgan fingerprint density at radius 2 is 1.82 bits per heavy atom. The number of nitrogens with one attached hydrogen (secondary N) is 1. The summed E-state index contributed by atoms with van der Waals surface area (Å²) in [5, 5.41) is 2.97. The summed E-state index contributed by atoms with van der Waals surface area (Å²) in [6.07, 6.45) is 2.57.